The summed E-state index contributed by atoms with van der Waals surface area (Å²) in [6.45, 7) is 2.75. The van der Waals surface area contributed by atoms with Crippen LogP contribution in [0.15, 0.2) is 15.9 Å². The van der Waals surface area contributed by atoms with E-state index in [-0.39, 0.29) is 17.5 Å². The van der Waals surface area contributed by atoms with Gasteiger partial charge in [-0.05, 0) is 31.6 Å². The second kappa shape index (κ2) is 7.50. The van der Waals surface area contributed by atoms with E-state index in [1.807, 2.05) is 11.0 Å². The minimum Gasteiger partial charge on any atom is -0.336 e. The summed E-state index contributed by atoms with van der Waals surface area (Å²) in [5, 5.41) is 9.70. The number of pyridine rings is 1. The zero-order valence-electron chi connectivity index (χ0n) is 13.0. The summed E-state index contributed by atoms with van der Waals surface area (Å²) in [6, 6.07) is 3.66. The number of likely N-dealkylation sites (tertiary alicyclic amines) is 1. The van der Waals surface area contributed by atoms with Gasteiger partial charge in [-0.25, -0.2) is 0 Å². The standard InChI is InChI=1S/C16H21N3O2S/c1-3-12-7-5-4-6-8-19(12)16(21)13-9-11(10-17)15(22-2)18-14(13)20/h9,12H,3-8H2,1-2H3,(H,18,20)/t12-/m0/s1. The molecule has 1 amide bonds. The van der Waals surface area contributed by atoms with Gasteiger partial charge in [0.05, 0.1) is 10.6 Å². The molecule has 6 heteroatoms. The highest BCUT2D eigenvalue weighted by molar-refractivity contribution is 7.98. The molecular formula is C16H21N3O2S. The highest BCUT2D eigenvalue weighted by atomic mass is 32.2. The molecule has 2 heterocycles. The van der Waals surface area contributed by atoms with Crippen molar-refractivity contribution in [1.82, 2.24) is 9.88 Å². The van der Waals surface area contributed by atoms with Crippen molar-refractivity contribution < 1.29 is 4.79 Å². The molecule has 1 N–H and O–H groups in total. The number of aromatic nitrogens is 1. The van der Waals surface area contributed by atoms with Gasteiger partial charge in [-0.15, -0.1) is 11.8 Å². The van der Waals surface area contributed by atoms with Crippen LogP contribution in [0.5, 0.6) is 0 Å². The van der Waals surface area contributed by atoms with Crippen molar-refractivity contribution in [1.29, 1.82) is 5.26 Å². The molecule has 1 aromatic heterocycles. The van der Waals surface area contributed by atoms with Crippen molar-refractivity contribution in [3.8, 4) is 6.07 Å². The molecule has 0 unspecified atom stereocenters. The number of aromatic amines is 1. The first-order chi connectivity index (χ1) is 10.6. The molecule has 1 aromatic rings. The summed E-state index contributed by atoms with van der Waals surface area (Å²) in [7, 11) is 0. The van der Waals surface area contributed by atoms with Crippen LogP contribution >= 0.6 is 11.8 Å². The van der Waals surface area contributed by atoms with Crippen molar-refractivity contribution in [2.24, 2.45) is 0 Å². The maximum Gasteiger partial charge on any atom is 0.261 e. The van der Waals surface area contributed by atoms with E-state index in [1.165, 1.54) is 17.8 Å². The van der Waals surface area contributed by atoms with E-state index < -0.39 is 5.56 Å². The summed E-state index contributed by atoms with van der Waals surface area (Å²) in [5.41, 5.74) is 0.0143. The number of nitriles is 1. The highest BCUT2D eigenvalue weighted by Gasteiger charge is 2.27. The molecule has 1 aliphatic rings. The van der Waals surface area contributed by atoms with Crippen molar-refractivity contribution in [3.05, 3.63) is 27.5 Å². The molecule has 0 bridgehead atoms. The summed E-state index contributed by atoms with van der Waals surface area (Å²) in [5.74, 6) is -0.251. The van der Waals surface area contributed by atoms with Crippen LogP contribution in [0.25, 0.3) is 0 Å². The van der Waals surface area contributed by atoms with Gasteiger partial charge in [-0.3, -0.25) is 9.59 Å². The van der Waals surface area contributed by atoms with Crippen LogP contribution in [0, 0.1) is 11.3 Å². The van der Waals surface area contributed by atoms with Gasteiger partial charge in [-0.2, -0.15) is 5.26 Å². The van der Waals surface area contributed by atoms with E-state index in [9.17, 15) is 14.9 Å². The van der Waals surface area contributed by atoms with E-state index in [1.54, 1.807) is 6.26 Å². The van der Waals surface area contributed by atoms with Crippen molar-refractivity contribution in [3.63, 3.8) is 0 Å². The SMILES string of the molecule is CC[C@H]1CCCCCN1C(=O)c1cc(C#N)c(SC)[nH]c1=O. The van der Waals surface area contributed by atoms with E-state index in [4.69, 9.17) is 0 Å². The predicted molar refractivity (Wildman–Crippen MR) is 87.1 cm³/mol. The number of amides is 1. The molecule has 1 saturated heterocycles. The van der Waals surface area contributed by atoms with Gasteiger partial charge in [0.2, 0.25) is 0 Å². The number of rotatable bonds is 3. The average Bonchev–Trinajstić information content (AvgIpc) is 2.79. The molecule has 0 aliphatic carbocycles. The Morgan fingerprint density at radius 2 is 2.27 bits per heavy atom. The maximum absolute atomic E-state index is 12.8. The molecule has 118 valence electrons. The summed E-state index contributed by atoms with van der Waals surface area (Å²) in [4.78, 5) is 29.5. The van der Waals surface area contributed by atoms with E-state index in [0.29, 0.717) is 17.1 Å². The van der Waals surface area contributed by atoms with Gasteiger partial charge in [0.1, 0.15) is 11.6 Å². The molecule has 0 saturated carbocycles. The lowest BCUT2D eigenvalue weighted by Gasteiger charge is -2.29. The number of hydrogen-bond donors (Lipinski definition) is 1. The van der Waals surface area contributed by atoms with Crippen LogP contribution in [0.1, 0.15) is 54.9 Å². The molecule has 5 nitrogen and oxygen atoms in total. The van der Waals surface area contributed by atoms with Crippen LogP contribution in [0.2, 0.25) is 0 Å². The number of hydrogen-bond acceptors (Lipinski definition) is 4. The summed E-state index contributed by atoms with van der Waals surface area (Å²) < 4.78 is 0. The fourth-order valence-electron chi connectivity index (χ4n) is 2.94. The lowest BCUT2D eigenvalue weighted by atomic mass is 10.1. The van der Waals surface area contributed by atoms with Gasteiger partial charge in [-0.1, -0.05) is 19.8 Å². The fourth-order valence-corrected chi connectivity index (χ4v) is 3.46. The second-order valence-electron chi connectivity index (χ2n) is 5.48. The maximum atomic E-state index is 12.8. The first kappa shape index (κ1) is 16.6. The number of carbonyl (C=O) groups is 1. The Bertz CT molecular complexity index is 648. The summed E-state index contributed by atoms with van der Waals surface area (Å²) in [6.07, 6.45) is 6.86. The largest absolute Gasteiger partial charge is 0.336 e. The lowest BCUT2D eigenvalue weighted by Crippen LogP contribution is -2.42. The van der Waals surface area contributed by atoms with Gasteiger partial charge in [0.15, 0.2) is 0 Å². The molecule has 1 aliphatic heterocycles. The van der Waals surface area contributed by atoms with Gasteiger partial charge in [0, 0.05) is 12.6 Å². The number of H-pyrrole nitrogens is 1. The molecule has 0 spiro atoms. The van der Waals surface area contributed by atoms with E-state index in [2.05, 4.69) is 11.9 Å². The first-order valence-corrected chi connectivity index (χ1v) is 8.87. The molecular weight excluding hydrogens is 298 g/mol. The van der Waals surface area contributed by atoms with Crippen molar-refractivity contribution in [2.45, 2.75) is 50.1 Å². The number of thioether (sulfide) groups is 1. The third kappa shape index (κ3) is 3.36. The van der Waals surface area contributed by atoms with Crippen LogP contribution in [0.3, 0.4) is 0 Å². The zero-order chi connectivity index (χ0) is 16.1. The number of carbonyl (C=O) groups excluding carboxylic acids is 1. The fraction of sp³-hybridized carbons (Fsp3) is 0.562. The molecule has 22 heavy (non-hydrogen) atoms. The molecule has 0 aromatic carbocycles. The van der Waals surface area contributed by atoms with Crippen molar-refractivity contribution in [2.75, 3.05) is 12.8 Å². The summed E-state index contributed by atoms with van der Waals surface area (Å²) >= 11 is 1.30. The Kier molecular flexibility index (Phi) is 5.67. The minimum absolute atomic E-state index is 0.0784. The quantitative estimate of drug-likeness (QED) is 0.869. The Morgan fingerprint density at radius 3 is 2.91 bits per heavy atom. The van der Waals surface area contributed by atoms with E-state index >= 15 is 0 Å². The third-order valence-corrected chi connectivity index (χ3v) is 4.90. The van der Waals surface area contributed by atoms with Crippen molar-refractivity contribution >= 4 is 17.7 Å². The highest BCUT2D eigenvalue weighted by Crippen LogP contribution is 2.22. The average molecular weight is 319 g/mol. The van der Waals surface area contributed by atoms with Crippen LogP contribution in [-0.4, -0.2) is 34.6 Å². The molecule has 1 atom stereocenters. The van der Waals surface area contributed by atoms with Crippen LogP contribution in [0.4, 0.5) is 0 Å². The second-order valence-corrected chi connectivity index (χ2v) is 6.30. The zero-order valence-corrected chi connectivity index (χ0v) is 13.8. The Labute approximate surface area is 134 Å². The number of nitrogens with one attached hydrogen (secondary N) is 1. The Morgan fingerprint density at radius 1 is 1.50 bits per heavy atom. The monoisotopic (exact) mass is 319 g/mol. The third-order valence-electron chi connectivity index (χ3n) is 4.17. The van der Waals surface area contributed by atoms with Gasteiger partial charge in [0.25, 0.3) is 11.5 Å². The molecule has 0 radical (unpaired) electrons. The number of nitrogens with zero attached hydrogens (tertiary/aromatic N) is 2. The van der Waals surface area contributed by atoms with Gasteiger partial charge < -0.3 is 9.88 Å². The van der Waals surface area contributed by atoms with Crippen LogP contribution in [-0.2, 0) is 0 Å². The topological polar surface area (TPSA) is 77.0 Å². The first-order valence-electron chi connectivity index (χ1n) is 7.64. The van der Waals surface area contributed by atoms with Gasteiger partial charge >= 0.3 is 0 Å². The predicted octanol–water partition coefficient (Wildman–Crippen LogP) is 2.76. The lowest BCUT2D eigenvalue weighted by molar-refractivity contribution is 0.0676. The van der Waals surface area contributed by atoms with Crippen LogP contribution < -0.4 is 5.56 Å². The molecule has 1 fully saturated rings. The van der Waals surface area contributed by atoms with E-state index in [0.717, 1.165) is 32.1 Å². The normalized spacial score (nSPS) is 18.6. The smallest absolute Gasteiger partial charge is 0.261 e. The Balaban J connectivity index is 2.40. The Hall–Kier alpha value is -1.74. The minimum atomic E-state index is -0.410. The molecule has 2 rings (SSSR count).